The minimum absolute atomic E-state index is 0.343. The average molecular weight is 334 g/mol. The highest BCUT2D eigenvalue weighted by Crippen LogP contribution is 2.23. The first-order valence-electron chi connectivity index (χ1n) is 7.73. The highest BCUT2D eigenvalue weighted by atomic mass is 19.1. The molecule has 1 heterocycles. The summed E-state index contributed by atoms with van der Waals surface area (Å²) >= 11 is 0. The first-order valence-corrected chi connectivity index (χ1v) is 7.73. The molecule has 2 aromatic rings. The van der Waals surface area contributed by atoms with Crippen molar-refractivity contribution in [3.8, 4) is 0 Å². The van der Waals surface area contributed by atoms with Gasteiger partial charge >= 0.3 is 6.03 Å². The van der Waals surface area contributed by atoms with Crippen molar-refractivity contribution in [3.05, 3.63) is 53.1 Å². The number of halogens is 1. The zero-order valence-electron chi connectivity index (χ0n) is 14.3. The van der Waals surface area contributed by atoms with Gasteiger partial charge in [0.1, 0.15) is 11.9 Å². The van der Waals surface area contributed by atoms with Crippen LogP contribution in [-0.2, 0) is 18.3 Å². The predicted octanol–water partition coefficient (Wildman–Crippen LogP) is 2.44. The van der Waals surface area contributed by atoms with E-state index in [0.717, 1.165) is 11.3 Å². The minimum atomic E-state index is -0.572. The van der Waals surface area contributed by atoms with Crippen molar-refractivity contribution in [2.24, 2.45) is 7.05 Å². The lowest BCUT2D eigenvalue weighted by Gasteiger charge is -2.24. The van der Waals surface area contributed by atoms with Gasteiger partial charge in [-0.2, -0.15) is 5.10 Å². The van der Waals surface area contributed by atoms with Crippen LogP contribution < -0.4 is 10.6 Å². The Morgan fingerprint density at radius 2 is 2.12 bits per heavy atom. The van der Waals surface area contributed by atoms with Gasteiger partial charge in [0.25, 0.3) is 0 Å². The molecule has 2 rings (SSSR count). The van der Waals surface area contributed by atoms with Crippen molar-refractivity contribution >= 4 is 6.03 Å². The molecule has 0 saturated heterocycles. The fourth-order valence-corrected chi connectivity index (χ4v) is 2.53. The molecule has 0 aliphatic carbocycles. The molecule has 0 spiro atoms. The summed E-state index contributed by atoms with van der Waals surface area (Å²) in [6, 6.07) is 5.64. The summed E-state index contributed by atoms with van der Waals surface area (Å²) in [6.45, 7) is 4.08. The first kappa shape index (κ1) is 17.9. The van der Waals surface area contributed by atoms with Gasteiger partial charge in [-0.1, -0.05) is 18.2 Å². The molecule has 2 N–H and O–H groups in total. The number of nitrogens with one attached hydrogen (secondary N) is 2. The first-order chi connectivity index (χ1) is 11.4. The molecular weight excluding hydrogens is 311 g/mol. The SMILES string of the molecule is CO[C@@H](c1ccccc1F)[C@@H](C)NC(=O)NCc1cnn(C)c1C. The number of carbonyl (C=O) groups excluding carboxylic acids is 1. The quantitative estimate of drug-likeness (QED) is 0.852. The average Bonchev–Trinajstić information content (AvgIpc) is 2.87. The third kappa shape index (κ3) is 4.11. The van der Waals surface area contributed by atoms with Crippen LogP contribution in [0.2, 0.25) is 0 Å². The highest BCUT2D eigenvalue weighted by molar-refractivity contribution is 5.74. The summed E-state index contributed by atoms with van der Waals surface area (Å²) in [5.41, 5.74) is 2.35. The molecule has 0 saturated carbocycles. The molecule has 0 unspecified atom stereocenters. The van der Waals surface area contributed by atoms with Gasteiger partial charge in [0.2, 0.25) is 0 Å². The van der Waals surface area contributed by atoms with Gasteiger partial charge in [-0.15, -0.1) is 0 Å². The van der Waals surface area contributed by atoms with Crippen molar-refractivity contribution in [2.45, 2.75) is 32.5 Å². The van der Waals surface area contributed by atoms with Crippen molar-refractivity contribution in [3.63, 3.8) is 0 Å². The molecule has 2 amide bonds. The van der Waals surface area contributed by atoms with Gasteiger partial charge in [-0.05, 0) is 19.9 Å². The third-order valence-corrected chi connectivity index (χ3v) is 4.05. The normalized spacial score (nSPS) is 13.4. The Hall–Kier alpha value is -2.41. The Morgan fingerprint density at radius 1 is 1.42 bits per heavy atom. The topological polar surface area (TPSA) is 68.2 Å². The van der Waals surface area contributed by atoms with E-state index in [4.69, 9.17) is 4.74 Å². The fraction of sp³-hybridized carbons (Fsp3) is 0.412. The monoisotopic (exact) mass is 334 g/mol. The number of nitrogens with zero attached hydrogens (tertiary/aromatic N) is 2. The molecule has 0 aliphatic rings. The summed E-state index contributed by atoms with van der Waals surface area (Å²) in [7, 11) is 3.34. The summed E-state index contributed by atoms with van der Waals surface area (Å²) in [4.78, 5) is 12.1. The summed E-state index contributed by atoms with van der Waals surface area (Å²) in [5, 5.41) is 9.69. The zero-order valence-corrected chi connectivity index (χ0v) is 14.3. The van der Waals surface area contributed by atoms with Crippen LogP contribution in [0.1, 0.15) is 29.8 Å². The lowest BCUT2D eigenvalue weighted by Crippen LogP contribution is -2.43. The zero-order chi connectivity index (χ0) is 17.7. The van der Waals surface area contributed by atoms with Crippen LogP contribution in [0.25, 0.3) is 0 Å². The van der Waals surface area contributed by atoms with Crippen molar-refractivity contribution in [2.75, 3.05) is 7.11 Å². The maximum Gasteiger partial charge on any atom is 0.315 e. The number of rotatable bonds is 6. The second-order valence-electron chi connectivity index (χ2n) is 5.67. The Kier molecular flexibility index (Phi) is 5.92. The lowest BCUT2D eigenvalue weighted by molar-refractivity contribution is 0.0733. The van der Waals surface area contributed by atoms with E-state index in [1.54, 1.807) is 36.0 Å². The van der Waals surface area contributed by atoms with Crippen molar-refractivity contribution in [1.29, 1.82) is 0 Å². The Balaban J connectivity index is 1.95. The summed E-state index contributed by atoms with van der Waals surface area (Å²) in [6.07, 6.45) is 1.15. The predicted molar refractivity (Wildman–Crippen MR) is 88.9 cm³/mol. The van der Waals surface area contributed by atoms with E-state index in [2.05, 4.69) is 15.7 Å². The standard InChI is InChI=1S/C17H23FN4O2/c1-11(16(24-4)14-7-5-6-8-15(14)18)21-17(23)19-9-13-10-20-22(3)12(13)2/h5-8,10-11,16H,9H2,1-4H3,(H2,19,21,23)/t11-,16-/m1/s1. The Labute approximate surface area is 141 Å². The van der Waals surface area contributed by atoms with Gasteiger partial charge in [-0.25, -0.2) is 9.18 Å². The number of hydrogen-bond acceptors (Lipinski definition) is 3. The largest absolute Gasteiger partial charge is 0.375 e. The smallest absolute Gasteiger partial charge is 0.315 e. The number of carbonyl (C=O) groups is 1. The third-order valence-electron chi connectivity index (χ3n) is 4.05. The van der Waals surface area contributed by atoms with Crippen LogP contribution in [0.4, 0.5) is 9.18 Å². The van der Waals surface area contributed by atoms with E-state index < -0.39 is 12.1 Å². The Morgan fingerprint density at radius 3 is 2.71 bits per heavy atom. The number of amides is 2. The molecule has 0 aliphatic heterocycles. The molecule has 0 bridgehead atoms. The molecule has 1 aromatic heterocycles. The Bertz CT molecular complexity index is 702. The van der Waals surface area contributed by atoms with E-state index in [-0.39, 0.29) is 11.8 Å². The number of benzene rings is 1. The van der Waals surface area contributed by atoms with Gasteiger partial charge in [0.15, 0.2) is 0 Å². The number of aromatic nitrogens is 2. The molecule has 0 fully saturated rings. The molecule has 6 nitrogen and oxygen atoms in total. The second kappa shape index (κ2) is 7.92. The van der Waals surface area contributed by atoms with Crippen molar-refractivity contribution in [1.82, 2.24) is 20.4 Å². The maximum absolute atomic E-state index is 13.9. The van der Waals surface area contributed by atoms with E-state index >= 15 is 0 Å². The molecule has 1 aromatic carbocycles. The van der Waals surface area contributed by atoms with E-state index in [1.165, 1.54) is 13.2 Å². The molecule has 0 radical (unpaired) electrons. The second-order valence-corrected chi connectivity index (χ2v) is 5.67. The molecule has 2 atom stereocenters. The van der Waals surface area contributed by atoms with Crippen molar-refractivity contribution < 1.29 is 13.9 Å². The van der Waals surface area contributed by atoms with Gasteiger partial charge < -0.3 is 15.4 Å². The van der Waals surface area contributed by atoms with Gasteiger partial charge in [0, 0.05) is 37.5 Å². The minimum Gasteiger partial charge on any atom is -0.375 e. The molecule has 24 heavy (non-hydrogen) atoms. The lowest BCUT2D eigenvalue weighted by atomic mass is 10.0. The number of hydrogen-bond donors (Lipinski definition) is 2. The van der Waals surface area contributed by atoms with Crippen LogP contribution in [0.3, 0.4) is 0 Å². The summed E-state index contributed by atoms with van der Waals surface area (Å²) < 4.78 is 21.0. The van der Waals surface area contributed by atoms with Crippen LogP contribution in [0.15, 0.2) is 30.5 Å². The van der Waals surface area contributed by atoms with Crippen LogP contribution in [0, 0.1) is 12.7 Å². The number of urea groups is 1. The molecular formula is C17H23FN4O2. The van der Waals surface area contributed by atoms with Gasteiger partial charge in [0.05, 0.1) is 12.2 Å². The van der Waals surface area contributed by atoms with Crippen LogP contribution in [0.5, 0.6) is 0 Å². The van der Waals surface area contributed by atoms with Gasteiger partial charge in [-0.3, -0.25) is 4.68 Å². The maximum atomic E-state index is 13.9. The van der Waals surface area contributed by atoms with E-state index in [0.29, 0.717) is 12.1 Å². The molecule has 7 heteroatoms. The number of methoxy groups -OCH3 is 1. The van der Waals surface area contributed by atoms with E-state index in [1.807, 2.05) is 14.0 Å². The van der Waals surface area contributed by atoms with Crippen LogP contribution >= 0.6 is 0 Å². The summed E-state index contributed by atoms with van der Waals surface area (Å²) in [5.74, 6) is -0.357. The fourth-order valence-electron chi connectivity index (χ4n) is 2.53. The highest BCUT2D eigenvalue weighted by Gasteiger charge is 2.23. The van der Waals surface area contributed by atoms with E-state index in [9.17, 15) is 9.18 Å². The number of ether oxygens (including phenoxy) is 1. The number of aryl methyl sites for hydroxylation is 1. The molecule has 130 valence electrons. The van der Waals surface area contributed by atoms with Crippen LogP contribution in [-0.4, -0.2) is 29.0 Å².